The third-order valence-electron chi connectivity index (χ3n) is 2.59. The van der Waals surface area contributed by atoms with Crippen LogP contribution in [0.4, 0.5) is 0 Å². The van der Waals surface area contributed by atoms with Crippen molar-refractivity contribution in [3.8, 4) is 5.75 Å². The highest BCUT2D eigenvalue weighted by Gasteiger charge is 2.25. The van der Waals surface area contributed by atoms with Gasteiger partial charge in [-0.15, -0.1) is 0 Å². The lowest BCUT2D eigenvalue weighted by Gasteiger charge is -2.25. The summed E-state index contributed by atoms with van der Waals surface area (Å²) in [6, 6.07) is 3.90. The molecule has 19 heavy (non-hydrogen) atoms. The minimum atomic E-state index is -3.98. The van der Waals surface area contributed by atoms with Gasteiger partial charge in [-0.25, -0.2) is 18.4 Å². The summed E-state index contributed by atoms with van der Waals surface area (Å²) in [7, 11) is -2.67. The van der Waals surface area contributed by atoms with Crippen molar-refractivity contribution in [1.82, 2.24) is 0 Å². The fraction of sp³-hybridized carbons (Fsp3) is 0.364. The molecule has 2 N–H and O–H groups in total. The van der Waals surface area contributed by atoms with E-state index in [2.05, 4.69) is 0 Å². The number of primary sulfonamides is 1. The van der Waals surface area contributed by atoms with Crippen LogP contribution in [0, 0.1) is 0 Å². The second-order valence-corrected chi connectivity index (χ2v) is 5.51. The summed E-state index contributed by atoms with van der Waals surface area (Å²) >= 11 is 0. The lowest BCUT2D eigenvalue weighted by molar-refractivity contribution is -0.103. The molecule has 104 valence electrons. The monoisotopic (exact) mass is 287 g/mol. The van der Waals surface area contributed by atoms with Crippen LogP contribution in [0.1, 0.15) is 10.4 Å². The lowest BCUT2D eigenvalue weighted by Crippen LogP contribution is -2.37. The highest BCUT2D eigenvalue weighted by Crippen LogP contribution is 2.24. The average Bonchev–Trinajstić information content (AvgIpc) is 2.31. The standard InChI is InChI=1S/C11H13NO6S/c1-16-9-3-2-7(4-10(9)19(12,14)15)11(13)18-8-5-17-6-8/h2-4,8H,5-6H2,1H3,(H2,12,14,15). The van der Waals surface area contributed by atoms with E-state index in [1.165, 1.54) is 19.2 Å². The number of hydrogen-bond donors (Lipinski definition) is 1. The van der Waals surface area contributed by atoms with Crippen molar-refractivity contribution >= 4 is 16.0 Å². The first kappa shape index (κ1) is 13.8. The second-order valence-electron chi connectivity index (χ2n) is 3.98. The van der Waals surface area contributed by atoms with Crippen LogP contribution in [-0.4, -0.2) is 40.8 Å². The molecule has 0 atom stereocenters. The molecule has 2 rings (SSSR count). The maximum Gasteiger partial charge on any atom is 0.338 e. The molecule has 0 bridgehead atoms. The summed E-state index contributed by atoms with van der Waals surface area (Å²) in [5.74, 6) is -0.549. The predicted octanol–water partition coefficient (Wildman–Crippen LogP) is -0.102. The first-order chi connectivity index (χ1) is 8.91. The number of carbonyl (C=O) groups is 1. The Morgan fingerprint density at radius 2 is 2.11 bits per heavy atom. The summed E-state index contributed by atoms with van der Waals surface area (Å²) < 4.78 is 37.6. The summed E-state index contributed by atoms with van der Waals surface area (Å²) in [4.78, 5) is 11.5. The molecule has 0 unspecified atom stereocenters. The van der Waals surface area contributed by atoms with E-state index in [9.17, 15) is 13.2 Å². The molecule has 0 amide bonds. The smallest absolute Gasteiger partial charge is 0.338 e. The molecule has 0 aromatic heterocycles. The van der Waals surface area contributed by atoms with Gasteiger partial charge in [0.05, 0.1) is 25.9 Å². The average molecular weight is 287 g/mol. The van der Waals surface area contributed by atoms with E-state index in [0.717, 1.165) is 6.07 Å². The zero-order valence-corrected chi connectivity index (χ0v) is 11.0. The van der Waals surface area contributed by atoms with Crippen molar-refractivity contribution < 1.29 is 27.4 Å². The SMILES string of the molecule is COc1ccc(C(=O)OC2COC2)cc1S(N)(=O)=O. The van der Waals surface area contributed by atoms with E-state index < -0.39 is 16.0 Å². The molecule has 8 heteroatoms. The van der Waals surface area contributed by atoms with E-state index in [0.29, 0.717) is 13.2 Å². The second kappa shape index (κ2) is 5.16. The normalized spacial score (nSPS) is 15.7. The Kier molecular flexibility index (Phi) is 3.74. The third-order valence-corrected chi connectivity index (χ3v) is 3.52. The molecule has 1 aliphatic rings. The molecule has 1 aliphatic heterocycles. The molecule has 7 nitrogen and oxygen atoms in total. The zero-order chi connectivity index (χ0) is 14.0. The zero-order valence-electron chi connectivity index (χ0n) is 10.2. The Bertz CT molecular complexity index is 593. The maximum absolute atomic E-state index is 11.8. The summed E-state index contributed by atoms with van der Waals surface area (Å²) in [5.41, 5.74) is 0.0942. The van der Waals surface area contributed by atoms with Gasteiger partial charge in [-0.05, 0) is 18.2 Å². The number of hydrogen-bond acceptors (Lipinski definition) is 6. The maximum atomic E-state index is 11.8. The molecule has 0 aliphatic carbocycles. The molecular weight excluding hydrogens is 274 g/mol. The topological polar surface area (TPSA) is 105 Å². The molecule has 1 aromatic carbocycles. The molecule has 1 fully saturated rings. The Labute approximate surface area is 110 Å². The highest BCUT2D eigenvalue weighted by molar-refractivity contribution is 7.89. The Morgan fingerprint density at radius 1 is 1.42 bits per heavy atom. The predicted molar refractivity (Wildman–Crippen MR) is 64.4 cm³/mol. The van der Waals surface area contributed by atoms with Crippen LogP contribution in [0.5, 0.6) is 5.75 Å². The number of nitrogens with two attached hydrogens (primary N) is 1. The van der Waals surface area contributed by atoms with Crippen LogP contribution in [0.2, 0.25) is 0 Å². The van der Waals surface area contributed by atoms with Crippen LogP contribution < -0.4 is 9.88 Å². The Hall–Kier alpha value is -1.64. The van der Waals surface area contributed by atoms with E-state index in [4.69, 9.17) is 19.3 Å². The van der Waals surface area contributed by atoms with Crippen LogP contribution >= 0.6 is 0 Å². The van der Waals surface area contributed by atoms with Crippen LogP contribution in [0.25, 0.3) is 0 Å². The largest absolute Gasteiger partial charge is 0.495 e. The molecule has 0 radical (unpaired) electrons. The first-order valence-electron chi connectivity index (χ1n) is 5.41. The van der Waals surface area contributed by atoms with Gasteiger partial charge < -0.3 is 14.2 Å². The lowest BCUT2D eigenvalue weighted by atomic mass is 10.2. The Balaban J connectivity index is 2.29. The number of esters is 1. The van der Waals surface area contributed by atoms with Gasteiger partial charge in [0.25, 0.3) is 0 Å². The summed E-state index contributed by atoms with van der Waals surface area (Å²) in [6.07, 6.45) is -0.285. The first-order valence-corrected chi connectivity index (χ1v) is 6.96. The van der Waals surface area contributed by atoms with E-state index in [-0.39, 0.29) is 22.3 Å². The van der Waals surface area contributed by atoms with Crippen LogP contribution in [0.3, 0.4) is 0 Å². The van der Waals surface area contributed by atoms with E-state index in [1.807, 2.05) is 0 Å². The molecule has 0 spiro atoms. The number of carbonyl (C=O) groups excluding carboxylic acids is 1. The molecule has 1 saturated heterocycles. The van der Waals surface area contributed by atoms with E-state index >= 15 is 0 Å². The van der Waals surface area contributed by atoms with Crippen LogP contribution in [0.15, 0.2) is 23.1 Å². The minimum absolute atomic E-state index is 0.0750. The van der Waals surface area contributed by atoms with Crippen LogP contribution in [-0.2, 0) is 19.5 Å². The molecule has 1 aromatic rings. The quantitative estimate of drug-likeness (QED) is 0.775. The van der Waals surface area contributed by atoms with E-state index in [1.54, 1.807) is 0 Å². The fourth-order valence-electron chi connectivity index (χ4n) is 1.53. The Morgan fingerprint density at radius 3 is 2.58 bits per heavy atom. The van der Waals surface area contributed by atoms with Gasteiger partial charge in [0.2, 0.25) is 10.0 Å². The number of sulfonamides is 1. The number of ether oxygens (including phenoxy) is 3. The summed E-state index contributed by atoms with van der Waals surface area (Å²) in [6.45, 7) is 0.702. The van der Waals surface area contributed by atoms with Gasteiger partial charge in [0, 0.05) is 0 Å². The molecular formula is C11H13NO6S. The fourth-order valence-corrected chi connectivity index (χ4v) is 2.25. The van der Waals surface area contributed by atoms with Crippen molar-refractivity contribution in [1.29, 1.82) is 0 Å². The van der Waals surface area contributed by atoms with Crippen molar-refractivity contribution in [2.24, 2.45) is 5.14 Å². The summed E-state index contributed by atoms with van der Waals surface area (Å²) in [5, 5.41) is 5.06. The van der Waals surface area contributed by atoms with Gasteiger partial charge in [0.15, 0.2) is 0 Å². The highest BCUT2D eigenvalue weighted by atomic mass is 32.2. The molecule has 0 saturated carbocycles. The van der Waals surface area contributed by atoms with Gasteiger partial charge in [0.1, 0.15) is 16.7 Å². The number of benzene rings is 1. The number of methoxy groups -OCH3 is 1. The van der Waals surface area contributed by atoms with Gasteiger partial charge in [-0.2, -0.15) is 0 Å². The minimum Gasteiger partial charge on any atom is -0.495 e. The van der Waals surface area contributed by atoms with Crippen molar-refractivity contribution in [2.75, 3.05) is 20.3 Å². The van der Waals surface area contributed by atoms with Gasteiger partial charge in [-0.3, -0.25) is 0 Å². The van der Waals surface area contributed by atoms with Crippen molar-refractivity contribution in [3.63, 3.8) is 0 Å². The number of rotatable bonds is 4. The van der Waals surface area contributed by atoms with Crippen molar-refractivity contribution in [2.45, 2.75) is 11.0 Å². The van der Waals surface area contributed by atoms with Crippen molar-refractivity contribution in [3.05, 3.63) is 23.8 Å². The molecule has 1 heterocycles. The van der Waals surface area contributed by atoms with Gasteiger partial charge in [-0.1, -0.05) is 0 Å². The third kappa shape index (κ3) is 3.03. The van der Waals surface area contributed by atoms with Gasteiger partial charge >= 0.3 is 5.97 Å².